The summed E-state index contributed by atoms with van der Waals surface area (Å²) in [7, 11) is 0. The molecule has 2 nitrogen and oxygen atoms in total. The van der Waals surface area contributed by atoms with Crippen molar-refractivity contribution in [3.8, 4) is 0 Å². The second-order valence-corrected chi connectivity index (χ2v) is 3.87. The molecule has 0 aliphatic carbocycles. The Balaban J connectivity index is 2.78. The smallest absolute Gasteiger partial charge is 0.00368 e. The molecule has 0 amide bonds. The highest BCUT2D eigenvalue weighted by Crippen LogP contribution is 2.00. The van der Waals surface area contributed by atoms with Gasteiger partial charge in [-0.3, -0.25) is 0 Å². The largest absolute Gasteiger partial charge is 0.317 e. The Bertz CT molecular complexity index is 82.3. The Hall–Kier alpha value is -0.0800. The lowest BCUT2D eigenvalue weighted by Gasteiger charge is -2.04. The first kappa shape index (κ1) is 13.9. The molecule has 0 saturated heterocycles. The molecule has 0 aromatic carbocycles. The van der Waals surface area contributed by atoms with Gasteiger partial charge in [0.1, 0.15) is 0 Å². The summed E-state index contributed by atoms with van der Waals surface area (Å²) in [6, 6.07) is 0. The topological polar surface area (TPSA) is 24.1 Å². The van der Waals surface area contributed by atoms with Crippen LogP contribution in [0.5, 0.6) is 0 Å². The Labute approximate surface area is 89.9 Å². The molecule has 86 valence electrons. The predicted molar refractivity (Wildman–Crippen MR) is 64.8 cm³/mol. The molecule has 0 radical (unpaired) electrons. The summed E-state index contributed by atoms with van der Waals surface area (Å²) < 4.78 is 0. The second-order valence-electron chi connectivity index (χ2n) is 3.87. The van der Waals surface area contributed by atoms with Gasteiger partial charge in [-0.05, 0) is 39.0 Å². The molecule has 0 aromatic rings. The molecule has 0 rings (SSSR count). The van der Waals surface area contributed by atoms with Gasteiger partial charge < -0.3 is 10.6 Å². The summed E-state index contributed by atoms with van der Waals surface area (Å²) in [6.07, 6.45) is 8.16. The number of hydrogen-bond acceptors (Lipinski definition) is 2. The monoisotopic (exact) mass is 200 g/mol. The lowest BCUT2D eigenvalue weighted by atomic mass is 10.1. The summed E-state index contributed by atoms with van der Waals surface area (Å²) in [5.41, 5.74) is 0. The minimum atomic E-state index is 1.09. The first-order valence-corrected chi connectivity index (χ1v) is 6.33. The highest BCUT2D eigenvalue weighted by molar-refractivity contribution is 4.51. The number of rotatable bonds is 11. The van der Waals surface area contributed by atoms with E-state index in [1.54, 1.807) is 0 Å². The Morgan fingerprint density at radius 1 is 0.643 bits per heavy atom. The van der Waals surface area contributed by atoms with Crippen LogP contribution < -0.4 is 10.6 Å². The molecular formula is C12H28N2. The van der Waals surface area contributed by atoms with Crippen LogP contribution in [0.15, 0.2) is 0 Å². The molecule has 0 bridgehead atoms. The van der Waals surface area contributed by atoms with Gasteiger partial charge in [-0.15, -0.1) is 0 Å². The fourth-order valence-corrected chi connectivity index (χ4v) is 1.49. The van der Waals surface area contributed by atoms with E-state index in [0.29, 0.717) is 0 Å². The van der Waals surface area contributed by atoms with Crippen LogP contribution in [0.4, 0.5) is 0 Å². The predicted octanol–water partition coefficient (Wildman–Crippen LogP) is 2.55. The van der Waals surface area contributed by atoms with Gasteiger partial charge >= 0.3 is 0 Å². The maximum Gasteiger partial charge on any atom is -0.00368 e. The first-order valence-electron chi connectivity index (χ1n) is 6.33. The van der Waals surface area contributed by atoms with Crippen molar-refractivity contribution in [3.05, 3.63) is 0 Å². The number of unbranched alkanes of at least 4 members (excludes halogenated alkanes) is 4. The number of nitrogens with one attached hydrogen (secondary N) is 2. The molecule has 0 aromatic heterocycles. The lowest BCUT2D eigenvalue weighted by Crippen LogP contribution is -2.22. The third kappa shape index (κ3) is 11.9. The molecule has 0 aliphatic heterocycles. The second kappa shape index (κ2) is 12.9. The first-order chi connectivity index (χ1) is 6.91. The summed E-state index contributed by atoms with van der Waals surface area (Å²) in [5, 5.41) is 6.81. The minimum absolute atomic E-state index is 1.09. The van der Waals surface area contributed by atoms with Gasteiger partial charge in [0.2, 0.25) is 0 Å². The van der Waals surface area contributed by atoms with Crippen molar-refractivity contribution in [2.45, 2.75) is 52.4 Å². The van der Waals surface area contributed by atoms with Crippen LogP contribution >= 0.6 is 0 Å². The molecule has 2 heteroatoms. The van der Waals surface area contributed by atoms with E-state index in [1.807, 2.05) is 0 Å². The molecule has 0 fully saturated rings. The normalized spacial score (nSPS) is 10.7. The Morgan fingerprint density at radius 2 is 1.29 bits per heavy atom. The highest BCUT2D eigenvalue weighted by atomic mass is 14.9. The molecule has 14 heavy (non-hydrogen) atoms. The van der Waals surface area contributed by atoms with Crippen molar-refractivity contribution < 1.29 is 0 Å². The zero-order valence-corrected chi connectivity index (χ0v) is 10.1. The molecule has 0 atom stereocenters. The van der Waals surface area contributed by atoms with Crippen molar-refractivity contribution in [1.82, 2.24) is 10.6 Å². The van der Waals surface area contributed by atoms with Crippen molar-refractivity contribution >= 4 is 0 Å². The molecular weight excluding hydrogens is 172 g/mol. The molecule has 0 saturated carbocycles. The van der Waals surface area contributed by atoms with E-state index in [9.17, 15) is 0 Å². The zero-order chi connectivity index (χ0) is 10.5. The standard InChI is InChI=1S/C12H28N2/c1-3-5-6-7-8-10-14-12-9-11-13-4-2/h13-14H,3-12H2,1-2H3. The van der Waals surface area contributed by atoms with Crippen LogP contribution in [0.25, 0.3) is 0 Å². The quantitative estimate of drug-likeness (QED) is 0.501. The fourth-order valence-electron chi connectivity index (χ4n) is 1.49. The van der Waals surface area contributed by atoms with E-state index in [-0.39, 0.29) is 0 Å². The molecule has 2 N–H and O–H groups in total. The third-order valence-corrected chi connectivity index (χ3v) is 2.41. The van der Waals surface area contributed by atoms with Crippen LogP contribution in [0, 0.1) is 0 Å². The van der Waals surface area contributed by atoms with E-state index in [2.05, 4.69) is 24.5 Å². The summed E-state index contributed by atoms with van der Waals surface area (Å²) in [5.74, 6) is 0. The van der Waals surface area contributed by atoms with Crippen LogP contribution in [0.2, 0.25) is 0 Å². The fraction of sp³-hybridized carbons (Fsp3) is 1.00. The van der Waals surface area contributed by atoms with Crippen molar-refractivity contribution in [1.29, 1.82) is 0 Å². The van der Waals surface area contributed by atoms with Gasteiger partial charge in [-0.2, -0.15) is 0 Å². The summed E-state index contributed by atoms with van der Waals surface area (Å²) >= 11 is 0. The average Bonchev–Trinajstić information content (AvgIpc) is 2.21. The van der Waals surface area contributed by atoms with E-state index in [1.165, 1.54) is 51.6 Å². The van der Waals surface area contributed by atoms with E-state index >= 15 is 0 Å². The zero-order valence-electron chi connectivity index (χ0n) is 10.1. The Morgan fingerprint density at radius 3 is 2.00 bits per heavy atom. The van der Waals surface area contributed by atoms with Crippen molar-refractivity contribution in [3.63, 3.8) is 0 Å². The van der Waals surface area contributed by atoms with Crippen molar-refractivity contribution in [2.24, 2.45) is 0 Å². The van der Waals surface area contributed by atoms with E-state index < -0.39 is 0 Å². The lowest BCUT2D eigenvalue weighted by molar-refractivity contribution is 0.562. The van der Waals surface area contributed by atoms with Gasteiger partial charge in [-0.25, -0.2) is 0 Å². The maximum atomic E-state index is 3.48. The van der Waals surface area contributed by atoms with Gasteiger partial charge in [0, 0.05) is 0 Å². The molecule has 0 heterocycles. The van der Waals surface area contributed by atoms with Gasteiger partial charge in [0.15, 0.2) is 0 Å². The van der Waals surface area contributed by atoms with Crippen LogP contribution in [0.3, 0.4) is 0 Å². The van der Waals surface area contributed by atoms with Crippen LogP contribution in [-0.4, -0.2) is 26.2 Å². The van der Waals surface area contributed by atoms with Crippen molar-refractivity contribution in [2.75, 3.05) is 26.2 Å². The van der Waals surface area contributed by atoms with Gasteiger partial charge in [0.05, 0.1) is 0 Å². The molecule has 0 aliphatic rings. The van der Waals surface area contributed by atoms with Gasteiger partial charge in [0.25, 0.3) is 0 Å². The number of hydrogen-bond donors (Lipinski definition) is 2. The average molecular weight is 200 g/mol. The molecule has 0 spiro atoms. The third-order valence-electron chi connectivity index (χ3n) is 2.41. The van der Waals surface area contributed by atoms with E-state index in [4.69, 9.17) is 0 Å². The summed E-state index contributed by atoms with van der Waals surface area (Å²) in [4.78, 5) is 0. The van der Waals surface area contributed by atoms with Crippen LogP contribution in [-0.2, 0) is 0 Å². The van der Waals surface area contributed by atoms with Crippen LogP contribution in [0.1, 0.15) is 52.4 Å². The Kier molecular flexibility index (Phi) is 12.8. The molecule has 0 unspecified atom stereocenters. The summed E-state index contributed by atoms with van der Waals surface area (Å²) in [6.45, 7) is 9.03. The van der Waals surface area contributed by atoms with Gasteiger partial charge in [-0.1, -0.05) is 39.5 Å². The highest BCUT2D eigenvalue weighted by Gasteiger charge is 1.89. The SMILES string of the molecule is CCCCCCCNCCCNCC. The minimum Gasteiger partial charge on any atom is -0.317 e. The maximum absolute atomic E-state index is 3.48. The van der Waals surface area contributed by atoms with E-state index in [0.717, 1.165) is 13.1 Å².